The second-order valence-electron chi connectivity index (χ2n) is 4.60. The van der Waals surface area contributed by atoms with Gasteiger partial charge in [-0.25, -0.2) is 4.79 Å². The van der Waals surface area contributed by atoms with Gasteiger partial charge in [-0.15, -0.1) is 0 Å². The number of rotatable bonds is 5. The predicted octanol–water partition coefficient (Wildman–Crippen LogP) is 1.63. The first kappa shape index (κ1) is 14.3. The van der Waals surface area contributed by atoms with E-state index in [0.717, 1.165) is 13.0 Å². The molecule has 0 aliphatic carbocycles. The molecule has 1 aromatic rings. The Morgan fingerprint density at radius 3 is 2.70 bits per heavy atom. The zero-order valence-electron chi connectivity index (χ0n) is 11.6. The normalized spacial score (nSPS) is 17.0. The molecular weight excluding hydrogens is 260 g/mol. The Balaban J connectivity index is 2.16. The molecule has 0 bridgehead atoms. The summed E-state index contributed by atoms with van der Waals surface area (Å²) in [4.78, 5) is 22.7. The van der Waals surface area contributed by atoms with Crippen LogP contribution in [0.15, 0.2) is 18.2 Å². The van der Waals surface area contributed by atoms with Crippen molar-refractivity contribution < 1.29 is 19.1 Å². The molecule has 1 amide bonds. The molecule has 20 heavy (non-hydrogen) atoms. The summed E-state index contributed by atoms with van der Waals surface area (Å²) in [5.41, 5.74) is 1.74. The minimum atomic E-state index is -0.415. The van der Waals surface area contributed by atoms with Crippen LogP contribution >= 0.6 is 0 Å². The van der Waals surface area contributed by atoms with Gasteiger partial charge in [0.05, 0.1) is 30.2 Å². The summed E-state index contributed by atoms with van der Waals surface area (Å²) in [6, 6.07) is 4.95. The number of nitrogens with one attached hydrogen (secondary N) is 2. The van der Waals surface area contributed by atoms with Crippen molar-refractivity contribution in [2.24, 2.45) is 0 Å². The van der Waals surface area contributed by atoms with Crippen molar-refractivity contribution in [3.63, 3.8) is 0 Å². The molecule has 108 valence electrons. The van der Waals surface area contributed by atoms with Crippen LogP contribution in [0.5, 0.6) is 0 Å². The van der Waals surface area contributed by atoms with Crippen molar-refractivity contribution in [2.45, 2.75) is 19.4 Å². The predicted molar refractivity (Wildman–Crippen MR) is 74.9 cm³/mol. The van der Waals surface area contributed by atoms with Crippen molar-refractivity contribution in [2.75, 3.05) is 30.9 Å². The second kappa shape index (κ2) is 6.38. The van der Waals surface area contributed by atoms with E-state index in [1.165, 1.54) is 14.0 Å². The molecule has 1 heterocycles. The van der Waals surface area contributed by atoms with E-state index in [9.17, 15) is 9.59 Å². The lowest BCUT2D eigenvalue weighted by molar-refractivity contribution is -0.114. The fraction of sp³-hybridized carbons (Fsp3) is 0.429. The van der Waals surface area contributed by atoms with Crippen molar-refractivity contribution in [1.29, 1.82) is 0 Å². The smallest absolute Gasteiger partial charge is 0.337 e. The molecule has 2 N–H and O–H groups in total. The van der Waals surface area contributed by atoms with E-state index in [2.05, 4.69) is 10.6 Å². The van der Waals surface area contributed by atoms with Crippen LogP contribution < -0.4 is 10.6 Å². The van der Waals surface area contributed by atoms with Gasteiger partial charge in [-0.05, 0) is 24.6 Å². The molecular formula is C14H18N2O4. The van der Waals surface area contributed by atoms with Gasteiger partial charge in [0.1, 0.15) is 0 Å². The topological polar surface area (TPSA) is 76.7 Å². The van der Waals surface area contributed by atoms with Gasteiger partial charge >= 0.3 is 5.97 Å². The summed E-state index contributed by atoms with van der Waals surface area (Å²) in [5, 5.41) is 5.92. The maximum atomic E-state index is 11.5. The molecule has 0 spiro atoms. The van der Waals surface area contributed by atoms with E-state index in [-0.39, 0.29) is 12.0 Å². The molecule has 1 atom stereocenters. The molecule has 0 aromatic heterocycles. The number of esters is 1. The number of hydrogen-bond acceptors (Lipinski definition) is 5. The third kappa shape index (κ3) is 3.48. The van der Waals surface area contributed by atoms with Crippen molar-refractivity contribution in [1.82, 2.24) is 0 Å². The lowest BCUT2D eigenvalue weighted by Gasteiger charge is -2.27. The van der Waals surface area contributed by atoms with Gasteiger partial charge in [0.15, 0.2) is 0 Å². The van der Waals surface area contributed by atoms with E-state index in [0.29, 0.717) is 23.5 Å². The highest BCUT2D eigenvalue weighted by molar-refractivity contribution is 5.96. The Kier molecular flexibility index (Phi) is 4.57. The summed E-state index contributed by atoms with van der Waals surface area (Å²) in [7, 11) is 1.33. The van der Waals surface area contributed by atoms with Gasteiger partial charge in [-0.3, -0.25) is 4.79 Å². The Labute approximate surface area is 117 Å². The number of carbonyl (C=O) groups is 2. The molecule has 0 radical (unpaired) electrons. The Hall–Kier alpha value is -2.08. The molecule has 6 nitrogen and oxygen atoms in total. The lowest BCUT2D eigenvalue weighted by atomic mass is 10.1. The highest BCUT2D eigenvalue weighted by Crippen LogP contribution is 2.24. The number of methoxy groups -OCH3 is 1. The molecule has 1 aliphatic rings. The van der Waals surface area contributed by atoms with Gasteiger partial charge in [0.2, 0.25) is 5.91 Å². The SMILES string of the molecule is COC(=O)c1ccc(NC(C)=O)c(NCC2CCO2)c1. The Morgan fingerprint density at radius 2 is 2.15 bits per heavy atom. The van der Waals surface area contributed by atoms with Crippen molar-refractivity contribution in [3.8, 4) is 0 Å². The Morgan fingerprint density at radius 1 is 1.40 bits per heavy atom. The van der Waals surface area contributed by atoms with Crippen molar-refractivity contribution >= 4 is 23.3 Å². The maximum Gasteiger partial charge on any atom is 0.337 e. The number of anilines is 2. The van der Waals surface area contributed by atoms with Crippen LogP contribution in [0.4, 0.5) is 11.4 Å². The molecule has 0 saturated carbocycles. The molecule has 1 unspecified atom stereocenters. The lowest BCUT2D eigenvalue weighted by Crippen LogP contribution is -2.33. The van der Waals surface area contributed by atoms with E-state index in [1.807, 2.05) is 0 Å². The zero-order valence-corrected chi connectivity index (χ0v) is 11.6. The van der Waals surface area contributed by atoms with Crippen LogP contribution in [-0.4, -0.2) is 38.2 Å². The van der Waals surface area contributed by atoms with Crippen LogP contribution in [0.1, 0.15) is 23.7 Å². The summed E-state index contributed by atoms with van der Waals surface area (Å²) in [6.07, 6.45) is 1.20. The molecule has 1 saturated heterocycles. The third-order valence-electron chi connectivity index (χ3n) is 3.06. The largest absolute Gasteiger partial charge is 0.465 e. The van der Waals surface area contributed by atoms with E-state index in [4.69, 9.17) is 9.47 Å². The van der Waals surface area contributed by atoms with Gasteiger partial charge in [0.25, 0.3) is 0 Å². The third-order valence-corrected chi connectivity index (χ3v) is 3.06. The molecule has 1 fully saturated rings. The highest BCUT2D eigenvalue weighted by Gasteiger charge is 2.18. The first-order valence-corrected chi connectivity index (χ1v) is 6.45. The monoisotopic (exact) mass is 278 g/mol. The molecule has 2 rings (SSSR count). The fourth-order valence-corrected chi connectivity index (χ4v) is 1.90. The van der Waals surface area contributed by atoms with Crippen molar-refractivity contribution in [3.05, 3.63) is 23.8 Å². The average molecular weight is 278 g/mol. The number of carbonyl (C=O) groups excluding carboxylic acids is 2. The highest BCUT2D eigenvalue weighted by atomic mass is 16.5. The fourth-order valence-electron chi connectivity index (χ4n) is 1.90. The van der Waals surface area contributed by atoms with E-state index < -0.39 is 5.97 Å². The average Bonchev–Trinajstić information content (AvgIpc) is 2.37. The summed E-state index contributed by atoms with van der Waals surface area (Å²) in [5.74, 6) is -0.582. The number of ether oxygens (including phenoxy) is 2. The quantitative estimate of drug-likeness (QED) is 0.801. The summed E-state index contributed by atoms with van der Waals surface area (Å²) in [6.45, 7) is 2.86. The van der Waals surface area contributed by atoms with Gasteiger partial charge in [-0.2, -0.15) is 0 Å². The molecule has 6 heteroatoms. The first-order valence-electron chi connectivity index (χ1n) is 6.45. The zero-order chi connectivity index (χ0) is 14.5. The van der Waals surface area contributed by atoms with E-state index >= 15 is 0 Å². The Bertz CT molecular complexity index is 512. The number of amides is 1. The van der Waals surface area contributed by atoms with Crippen LogP contribution in [0.25, 0.3) is 0 Å². The van der Waals surface area contributed by atoms with Crippen LogP contribution in [0, 0.1) is 0 Å². The minimum Gasteiger partial charge on any atom is -0.465 e. The second-order valence-corrected chi connectivity index (χ2v) is 4.60. The van der Waals surface area contributed by atoms with Crippen LogP contribution in [0.3, 0.4) is 0 Å². The summed E-state index contributed by atoms with van der Waals surface area (Å²) >= 11 is 0. The molecule has 1 aromatic carbocycles. The van der Waals surface area contributed by atoms with Crippen LogP contribution in [-0.2, 0) is 14.3 Å². The minimum absolute atomic E-state index is 0.168. The summed E-state index contributed by atoms with van der Waals surface area (Å²) < 4.78 is 10.0. The maximum absolute atomic E-state index is 11.5. The van der Waals surface area contributed by atoms with Crippen LogP contribution in [0.2, 0.25) is 0 Å². The standard InChI is InChI=1S/C14H18N2O4/c1-9(17)16-12-4-3-10(14(18)19-2)7-13(12)15-8-11-5-6-20-11/h3-4,7,11,15H,5-6,8H2,1-2H3,(H,16,17). The van der Waals surface area contributed by atoms with E-state index in [1.54, 1.807) is 18.2 Å². The first-order chi connectivity index (χ1) is 9.60. The molecule has 1 aliphatic heterocycles. The number of hydrogen-bond donors (Lipinski definition) is 2. The number of benzene rings is 1. The van der Waals surface area contributed by atoms with Gasteiger partial charge in [-0.1, -0.05) is 0 Å². The van der Waals surface area contributed by atoms with Gasteiger partial charge in [0, 0.05) is 20.1 Å². The van der Waals surface area contributed by atoms with Gasteiger partial charge < -0.3 is 20.1 Å².